The Balaban J connectivity index is 1.49. The Bertz CT molecular complexity index is 1370. The molecule has 1 aliphatic carbocycles. The lowest BCUT2D eigenvalue weighted by Crippen LogP contribution is -2.35. The normalized spacial score (nSPS) is 22.0. The van der Waals surface area contributed by atoms with Crippen molar-refractivity contribution < 1.29 is 26.9 Å². The zero-order valence-corrected chi connectivity index (χ0v) is 22.0. The van der Waals surface area contributed by atoms with Crippen LogP contribution >= 0.6 is 27.5 Å². The van der Waals surface area contributed by atoms with Crippen LogP contribution < -0.4 is 10.0 Å². The van der Waals surface area contributed by atoms with E-state index in [4.69, 9.17) is 15.8 Å². The Morgan fingerprint density at radius 3 is 2.89 bits per heavy atom. The van der Waals surface area contributed by atoms with Crippen LogP contribution in [0.25, 0.3) is 0 Å². The van der Waals surface area contributed by atoms with E-state index in [0.717, 1.165) is 17.1 Å². The first kappa shape index (κ1) is 26.6. The third kappa shape index (κ3) is 5.93. The average Bonchev–Trinajstić information content (AvgIpc) is 3.41. The lowest BCUT2D eigenvalue weighted by molar-refractivity contribution is 0.0248. The fourth-order valence-electron chi connectivity index (χ4n) is 3.87. The molecule has 3 N–H and O–H groups in total. The number of hydrogen-bond acceptors (Lipinski definition) is 8. The van der Waals surface area contributed by atoms with Crippen LogP contribution in [0.5, 0.6) is 0 Å². The number of benzene rings is 1. The van der Waals surface area contributed by atoms with Crippen molar-refractivity contribution in [1.29, 1.82) is 0 Å². The molecule has 36 heavy (non-hydrogen) atoms. The molecule has 0 spiro atoms. The average molecular weight is 603 g/mol. The first-order valence-corrected chi connectivity index (χ1v) is 13.3. The van der Waals surface area contributed by atoms with Crippen LogP contribution in [0.2, 0.25) is 5.02 Å². The Kier molecular flexibility index (Phi) is 8.07. The second kappa shape index (κ2) is 10.9. The minimum atomic E-state index is -4.13. The number of alkyl halides is 1. The maximum Gasteiger partial charge on any atom is 0.335 e. The van der Waals surface area contributed by atoms with Crippen LogP contribution in [-0.2, 0) is 21.0 Å². The fraction of sp³-hybridized carbons (Fsp3) is 0.318. The smallest absolute Gasteiger partial charge is 0.335 e. The number of carbonyl (C=O) groups excluding carboxylic acids is 1. The first-order chi connectivity index (χ1) is 17.1. The van der Waals surface area contributed by atoms with Crippen LogP contribution in [0.1, 0.15) is 27.9 Å². The van der Waals surface area contributed by atoms with Gasteiger partial charge in [0.25, 0.3) is 0 Å². The molecule has 14 heteroatoms. The Morgan fingerprint density at radius 1 is 1.39 bits per heavy atom. The minimum absolute atomic E-state index is 0.0568. The molecule has 0 aliphatic heterocycles. The summed E-state index contributed by atoms with van der Waals surface area (Å²) in [6.45, 7) is 0.500. The summed E-state index contributed by atoms with van der Waals surface area (Å²) in [4.78, 5) is 21.2. The van der Waals surface area contributed by atoms with Gasteiger partial charge in [0.15, 0.2) is 5.78 Å². The van der Waals surface area contributed by atoms with E-state index in [1.807, 2.05) is 21.4 Å². The van der Waals surface area contributed by atoms with Crippen LogP contribution in [0.15, 0.2) is 53.7 Å². The monoisotopic (exact) mass is 601 g/mol. The predicted molar refractivity (Wildman–Crippen MR) is 134 cm³/mol. The summed E-state index contributed by atoms with van der Waals surface area (Å²) in [5.74, 6) is -0.338. The van der Waals surface area contributed by atoms with Crippen molar-refractivity contribution in [2.24, 2.45) is 0 Å². The zero-order chi connectivity index (χ0) is 26.0. The van der Waals surface area contributed by atoms with Gasteiger partial charge in [-0.2, -0.15) is 13.1 Å². The van der Waals surface area contributed by atoms with Crippen molar-refractivity contribution >= 4 is 49.4 Å². The number of aromatic nitrogens is 3. The van der Waals surface area contributed by atoms with E-state index in [9.17, 15) is 22.7 Å². The van der Waals surface area contributed by atoms with Gasteiger partial charge in [0.05, 0.1) is 16.6 Å². The van der Waals surface area contributed by atoms with Gasteiger partial charge in [0.2, 0.25) is 0 Å². The third-order valence-electron chi connectivity index (χ3n) is 5.72. The van der Waals surface area contributed by atoms with E-state index in [1.165, 1.54) is 12.5 Å². The van der Waals surface area contributed by atoms with Crippen LogP contribution in [0.4, 0.5) is 10.2 Å². The van der Waals surface area contributed by atoms with Gasteiger partial charge in [-0.3, -0.25) is 8.98 Å². The van der Waals surface area contributed by atoms with Gasteiger partial charge in [-0.15, -0.1) is 0 Å². The van der Waals surface area contributed by atoms with Gasteiger partial charge in [0, 0.05) is 48.6 Å². The SMILES string of the molecule is CNS(=O)(=O)O[C@@H]1C[C@@H](Nc2ncncc2C(=O)c2ccn(Cc3ccc(Cl)c(Br)c3)c2)[C@@H](F)[C@@H]1O. The molecule has 0 saturated heterocycles. The topological polar surface area (TPSA) is 135 Å². The third-order valence-corrected chi connectivity index (χ3v) is 7.93. The highest BCUT2D eigenvalue weighted by Gasteiger charge is 2.46. The number of rotatable bonds is 9. The van der Waals surface area contributed by atoms with E-state index in [1.54, 1.807) is 24.5 Å². The summed E-state index contributed by atoms with van der Waals surface area (Å²) in [7, 11) is -3.00. The van der Waals surface area contributed by atoms with Crippen LogP contribution in [-0.4, -0.2) is 65.3 Å². The number of anilines is 1. The standard InChI is InChI=1S/C22H22BrClFN5O5S/c1-26-36(33,34)35-18-7-17(19(25)21(18)32)29-22-14(8-27-11-28-22)20(31)13-4-5-30(10-13)9-12-2-3-16(24)15(23)6-12/h2-6,8,10-11,17-19,21,26,32H,7,9H2,1H3,(H,27,28,29)/t17-,18-,19-,21-/m1/s1. The molecule has 192 valence electrons. The van der Waals surface area contributed by atoms with Gasteiger partial charge in [0.1, 0.15) is 30.5 Å². The summed E-state index contributed by atoms with van der Waals surface area (Å²) in [5.41, 5.74) is 1.43. The number of aliphatic hydroxyl groups excluding tert-OH is 1. The second-order valence-electron chi connectivity index (χ2n) is 8.15. The lowest BCUT2D eigenvalue weighted by Gasteiger charge is -2.17. The molecule has 2 heterocycles. The molecular formula is C22H22BrClFN5O5S. The van der Waals surface area contributed by atoms with Gasteiger partial charge in [-0.25, -0.2) is 14.4 Å². The number of aliphatic hydroxyl groups is 1. The highest BCUT2D eigenvalue weighted by molar-refractivity contribution is 9.10. The molecule has 2 aromatic heterocycles. The Hall–Kier alpha value is -2.42. The summed E-state index contributed by atoms with van der Waals surface area (Å²) >= 11 is 9.43. The van der Waals surface area contributed by atoms with E-state index in [2.05, 4.69) is 31.2 Å². The molecule has 1 aliphatic rings. The molecule has 0 bridgehead atoms. The molecule has 0 radical (unpaired) electrons. The van der Waals surface area contributed by atoms with E-state index in [0.29, 0.717) is 17.1 Å². The van der Waals surface area contributed by atoms with Crippen molar-refractivity contribution in [3.8, 4) is 0 Å². The Morgan fingerprint density at radius 2 is 2.17 bits per heavy atom. The van der Waals surface area contributed by atoms with Crippen LogP contribution in [0.3, 0.4) is 0 Å². The van der Waals surface area contributed by atoms with Gasteiger partial charge in [-0.1, -0.05) is 17.7 Å². The molecule has 1 fully saturated rings. The highest BCUT2D eigenvalue weighted by atomic mass is 79.9. The number of nitrogens with zero attached hydrogens (tertiary/aromatic N) is 3. The molecule has 10 nitrogen and oxygen atoms in total. The highest BCUT2D eigenvalue weighted by Crippen LogP contribution is 2.30. The molecule has 1 saturated carbocycles. The van der Waals surface area contributed by atoms with Gasteiger partial charge < -0.3 is 15.0 Å². The Labute approximate surface area is 220 Å². The molecule has 0 amide bonds. The molecule has 3 aromatic rings. The quantitative estimate of drug-likeness (QED) is 0.318. The minimum Gasteiger partial charge on any atom is -0.387 e. The summed E-state index contributed by atoms with van der Waals surface area (Å²) in [5, 5.41) is 13.5. The number of hydrogen-bond donors (Lipinski definition) is 3. The van der Waals surface area contributed by atoms with Crippen molar-refractivity contribution in [1.82, 2.24) is 19.3 Å². The maximum atomic E-state index is 14.8. The first-order valence-electron chi connectivity index (χ1n) is 10.7. The summed E-state index contributed by atoms with van der Waals surface area (Å²) in [6.07, 6.45) is 0.900. The number of ketones is 1. The van der Waals surface area contributed by atoms with Crippen molar-refractivity contribution in [2.75, 3.05) is 12.4 Å². The summed E-state index contributed by atoms with van der Waals surface area (Å²) < 4.78 is 47.5. The molecule has 4 rings (SSSR count). The van der Waals surface area contributed by atoms with E-state index in [-0.39, 0.29) is 17.8 Å². The van der Waals surface area contributed by atoms with Crippen molar-refractivity contribution in [2.45, 2.75) is 37.4 Å². The fourth-order valence-corrected chi connectivity index (χ4v) is 5.03. The van der Waals surface area contributed by atoms with E-state index >= 15 is 0 Å². The number of nitrogens with one attached hydrogen (secondary N) is 2. The number of carbonyl (C=O) groups is 1. The molecule has 0 unspecified atom stereocenters. The van der Waals surface area contributed by atoms with Gasteiger partial charge >= 0.3 is 10.3 Å². The maximum absolute atomic E-state index is 14.8. The summed E-state index contributed by atoms with van der Waals surface area (Å²) in [6, 6.07) is 6.14. The molecule has 1 aromatic carbocycles. The van der Waals surface area contributed by atoms with Crippen molar-refractivity contribution in [3.05, 3.63) is 75.4 Å². The van der Waals surface area contributed by atoms with Crippen LogP contribution in [0, 0.1) is 0 Å². The van der Waals surface area contributed by atoms with E-state index < -0.39 is 40.5 Å². The number of halogens is 3. The lowest BCUT2D eigenvalue weighted by atomic mass is 10.1. The second-order valence-corrected chi connectivity index (χ2v) is 10.9. The largest absolute Gasteiger partial charge is 0.387 e. The molecule has 4 atom stereocenters. The predicted octanol–water partition coefficient (Wildman–Crippen LogP) is 2.71. The van der Waals surface area contributed by atoms with Gasteiger partial charge in [-0.05, 0) is 39.7 Å². The van der Waals surface area contributed by atoms with Crippen molar-refractivity contribution in [3.63, 3.8) is 0 Å². The zero-order valence-electron chi connectivity index (χ0n) is 18.8. The molecular weight excluding hydrogens is 581 g/mol.